The van der Waals surface area contributed by atoms with Gasteiger partial charge in [0, 0.05) is 12.5 Å². The van der Waals surface area contributed by atoms with Gasteiger partial charge in [-0.05, 0) is 13.3 Å². The number of rotatable bonds is 5. The van der Waals surface area contributed by atoms with Crippen LogP contribution in [-0.2, 0) is 11.3 Å². The molecule has 0 aliphatic rings. The van der Waals surface area contributed by atoms with E-state index in [2.05, 4.69) is 5.16 Å². The summed E-state index contributed by atoms with van der Waals surface area (Å²) in [6, 6.07) is 1.44. The fourth-order valence-electron chi connectivity index (χ4n) is 1.40. The molecule has 1 N–H and O–H groups in total. The Balaban J connectivity index is 0. The van der Waals surface area contributed by atoms with E-state index in [1.165, 1.54) is 6.07 Å². The van der Waals surface area contributed by atoms with Crippen molar-refractivity contribution in [2.45, 2.75) is 33.6 Å². The van der Waals surface area contributed by atoms with Crippen molar-refractivity contribution in [3.63, 3.8) is 0 Å². The van der Waals surface area contributed by atoms with E-state index in [1.54, 1.807) is 6.92 Å². The van der Waals surface area contributed by atoms with Crippen molar-refractivity contribution in [3.8, 4) is 5.75 Å². The van der Waals surface area contributed by atoms with Crippen molar-refractivity contribution in [3.05, 3.63) is 27.8 Å². The van der Waals surface area contributed by atoms with E-state index in [9.17, 15) is 9.90 Å². The standard InChI is InChI=1S/C12H17NO4.2BrH/c1-4-8-7-10(14)11(12(15)17-8)9(5-2)13-16-6-3;;/h7,14H,4-6H2,1-3H3;2*1H. The molecule has 0 unspecified atom stereocenters. The molecule has 0 spiro atoms. The first kappa shape index (κ1) is 20.5. The predicted molar refractivity (Wildman–Crippen MR) is 85.1 cm³/mol. The molecule has 0 saturated heterocycles. The average Bonchev–Trinajstić information content (AvgIpc) is 2.32. The van der Waals surface area contributed by atoms with Crippen LogP contribution in [0.2, 0.25) is 0 Å². The Kier molecular flexibility index (Phi) is 10.8. The summed E-state index contributed by atoms with van der Waals surface area (Å²) in [7, 11) is 0. The molecule has 0 aliphatic carbocycles. The van der Waals surface area contributed by atoms with E-state index < -0.39 is 5.63 Å². The minimum Gasteiger partial charge on any atom is -0.507 e. The minimum atomic E-state index is -0.581. The summed E-state index contributed by atoms with van der Waals surface area (Å²) in [5, 5.41) is 13.6. The van der Waals surface area contributed by atoms with Gasteiger partial charge in [-0.1, -0.05) is 19.0 Å². The van der Waals surface area contributed by atoms with E-state index in [0.29, 0.717) is 30.9 Å². The normalized spacial score (nSPS) is 10.4. The lowest BCUT2D eigenvalue weighted by atomic mass is 10.1. The van der Waals surface area contributed by atoms with Crippen molar-refractivity contribution in [2.24, 2.45) is 5.16 Å². The van der Waals surface area contributed by atoms with Crippen LogP contribution in [0.5, 0.6) is 5.75 Å². The molecule has 1 aromatic heterocycles. The molecule has 0 bridgehead atoms. The number of hydrogen-bond donors (Lipinski definition) is 1. The first-order valence-electron chi connectivity index (χ1n) is 5.69. The van der Waals surface area contributed by atoms with Crippen LogP contribution in [0.25, 0.3) is 0 Å². The number of aryl methyl sites for hydroxylation is 1. The second-order valence-electron chi connectivity index (χ2n) is 3.42. The monoisotopic (exact) mass is 399 g/mol. The van der Waals surface area contributed by atoms with Crippen molar-refractivity contribution < 1.29 is 14.4 Å². The summed E-state index contributed by atoms with van der Waals surface area (Å²) in [6.07, 6.45) is 1.02. The number of hydrogen-bond acceptors (Lipinski definition) is 5. The molecular weight excluding hydrogens is 382 g/mol. The highest BCUT2D eigenvalue weighted by Crippen LogP contribution is 2.17. The summed E-state index contributed by atoms with van der Waals surface area (Å²) in [5.74, 6) is 0.335. The molecule has 1 rings (SSSR count). The maximum Gasteiger partial charge on any atom is 0.349 e. The Morgan fingerprint density at radius 1 is 1.37 bits per heavy atom. The lowest BCUT2D eigenvalue weighted by molar-refractivity contribution is 0.158. The highest BCUT2D eigenvalue weighted by Gasteiger charge is 2.16. The minimum absolute atomic E-state index is 0. The highest BCUT2D eigenvalue weighted by atomic mass is 79.9. The van der Waals surface area contributed by atoms with Crippen molar-refractivity contribution in [1.82, 2.24) is 0 Å². The average molecular weight is 401 g/mol. The summed E-state index contributed by atoms with van der Waals surface area (Å²) in [5.41, 5.74) is -0.110. The first-order valence-corrected chi connectivity index (χ1v) is 5.69. The quantitative estimate of drug-likeness (QED) is 0.608. The van der Waals surface area contributed by atoms with Crippen LogP contribution in [0.3, 0.4) is 0 Å². The summed E-state index contributed by atoms with van der Waals surface area (Å²) in [6.45, 7) is 5.86. The number of nitrogens with zero attached hydrogens (tertiary/aromatic N) is 1. The SMILES string of the molecule is Br.Br.CCON=C(CC)c1c(O)cc(CC)oc1=O. The van der Waals surface area contributed by atoms with E-state index in [1.807, 2.05) is 13.8 Å². The van der Waals surface area contributed by atoms with Crippen LogP contribution in [0, 0.1) is 0 Å². The van der Waals surface area contributed by atoms with Gasteiger partial charge in [0.25, 0.3) is 0 Å². The van der Waals surface area contributed by atoms with Crippen molar-refractivity contribution in [2.75, 3.05) is 6.61 Å². The Bertz CT molecular complexity index is 471. The Morgan fingerprint density at radius 2 is 2.00 bits per heavy atom. The Hall–Kier alpha value is -0.820. The van der Waals surface area contributed by atoms with E-state index in [-0.39, 0.29) is 45.3 Å². The fourth-order valence-corrected chi connectivity index (χ4v) is 1.40. The second-order valence-corrected chi connectivity index (χ2v) is 3.42. The van der Waals surface area contributed by atoms with Gasteiger partial charge in [-0.2, -0.15) is 0 Å². The van der Waals surface area contributed by atoms with Gasteiger partial charge in [-0.25, -0.2) is 4.79 Å². The number of aromatic hydroxyl groups is 1. The molecule has 0 aromatic carbocycles. The van der Waals surface area contributed by atoms with E-state index >= 15 is 0 Å². The zero-order chi connectivity index (χ0) is 12.8. The molecule has 0 radical (unpaired) electrons. The summed E-state index contributed by atoms with van der Waals surface area (Å²) < 4.78 is 5.05. The van der Waals surface area contributed by atoms with Gasteiger partial charge in [-0.3, -0.25) is 0 Å². The maximum absolute atomic E-state index is 11.7. The van der Waals surface area contributed by atoms with Crippen molar-refractivity contribution in [1.29, 1.82) is 0 Å². The van der Waals surface area contributed by atoms with Crippen LogP contribution in [0.4, 0.5) is 0 Å². The van der Waals surface area contributed by atoms with Crippen molar-refractivity contribution >= 4 is 39.7 Å². The van der Waals surface area contributed by atoms with E-state index in [4.69, 9.17) is 9.25 Å². The highest BCUT2D eigenvalue weighted by molar-refractivity contribution is 8.93. The maximum atomic E-state index is 11.7. The molecule has 19 heavy (non-hydrogen) atoms. The molecule has 0 saturated carbocycles. The van der Waals surface area contributed by atoms with Gasteiger partial charge in [0.2, 0.25) is 0 Å². The van der Waals surface area contributed by atoms with Crippen LogP contribution in [0.1, 0.15) is 38.5 Å². The topological polar surface area (TPSA) is 72.0 Å². The van der Waals surface area contributed by atoms with Crippen LogP contribution in [0.15, 0.2) is 20.4 Å². The fraction of sp³-hybridized carbons (Fsp3) is 0.500. The van der Waals surface area contributed by atoms with Gasteiger partial charge in [0.05, 0.1) is 5.71 Å². The van der Waals surface area contributed by atoms with Gasteiger partial charge in [-0.15, -0.1) is 34.0 Å². The number of oxime groups is 1. The molecule has 0 atom stereocenters. The first-order chi connectivity index (χ1) is 8.13. The second kappa shape index (κ2) is 10.0. The molecule has 5 nitrogen and oxygen atoms in total. The van der Waals surface area contributed by atoms with Gasteiger partial charge >= 0.3 is 5.63 Å². The van der Waals surface area contributed by atoms with E-state index in [0.717, 1.165) is 0 Å². The summed E-state index contributed by atoms with van der Waals surface area (Å²) >= 11 is 0. The lowest BCUT2D eigenvalue weighted by Crippen LogP contribution is -2.15. The molecule has 0 amide bonds. The van der Waals surface area contributed by atoms with Crippen LogP contribution < -0.4 is 5.63 Å². The Morgan fingerprint density at radius 3 is 2.42 bits per heavy atom. The third-order valence-corrected chi connectivity index (χ3v) is 2.26. The predicted octanol–water partition coefficient (Wildman–Crippen LogP) is 3.21. The molecule has 7 heteroatoms. The molecular formula is C12H19Br2NO4. The zero-order valence-electron chi connectivity index (χ0n) is 11.1. The smallest absolute Gasteiger partial charge is 0.349 e. The zero-order valence-corrected chi connectivity index (χ0v) is 14.6. The molecule has 1 aromatic rings. The number of halogens is 2. The third kappa shape index (κ3) is 5.36. The van der Waals surface area contributed by atoms with Crippen LogP contribution in [-0.4, -0.2) is 17.4 Å². The van der Waals surface area contributed by atoms with Gasteiger partial charge in [0.1, 0.15) is 23.7 Å². The molecule has 0 aliphatic heterocycles. The molecule has 0 fully saturated rings. The lowest BCUT2D eigenvalue weighted by Gasteiger charge is -2.06. The Labute approximate surface area is 133 Å². The molecule has 1 heterocycles. The van der Waals surface area contributed by atoms with Gasteiger partial charge in [0.15, 0.2) is 0 Å². The summed E-state index contributed by atoms with van der Waals surface area (Å²) in [4.78, 5) is 16.6. The third-order valence-electron chi connectivity index (χ3n) is 2.26. The largest absolute Gasteiger partial charge is 0.507 e. The van der Waals surface area contributed by atoms with Crippen LogP contribution >= 0.6 is 34.0 Å². The molecule has 110 valence electrons. The van der Waals surface area contributed by atoms with Gasteiger partial charge < -0.3 is 14.4 Å².